The second-order valence-corrected chi connectivity index (χ2v) is 6.53. The first-order valence-corrected chi connectivity index (χ1v) is 8.81. The number of rotatable bonds is 4. The van der Waals surface area contributed by atoms with Crippen LogP contribution >= 0.6 is 0 Å². The number of hydrogen-bond acceptors (Lipinski definition) is 3. The minimum Gasteiger partial charge on any atom is -0.497 e. The highest BCUT2D eigenvalue weighted by atomic mass is 16.5. The monoisotopic (exact) mass is 336 g/mol. The van der Waals surface area contributed by atoms with Crippen molar-refractivity contribution in [3.05, 3.63) is 65.4 Å². The van der Waals surface area contributed by atoms with Gasteiger partial charge in [0.25, 0.3) is 0 Å². The third-order valence-corrected chi connectivity index (χ3v) is 5.06. The van der Waals surface area contributed by atoms with Crippen molar-refractivity contribution in [2.75, 3.05) is 33.4 Å². The molecule has 25 heavy (non-hydrogen) atoms. The van der Waals surface area contributed by atoms with Gasteiger partial charge in [-0.25, -0.2) is 0 Å². The van der Waals surface area contributed by atoms with E-state index in [0.717, 1.165) is 32.1 Å². The van der Waals surface area contributed by atoms with Crippen molar-refractivity contribution >= 4 is 10.9 Å². The first kappa shape index (κ1) is 16.2. The van der Waals surface area contributed by atoms with Crippen LogP contribution in [0.4, 0.5) is 0 Å². The Morgan fingerprint density at radius 2 is 1.76 bits per heavy atom. The number of hydrogen-bond donors (Lipinski definition) is 1. The molecule has 0 saturated carbocycles. The topological polar surface area (TPSA) is 37.5 Å². The van der Waals surface area contributed by atoms with E-state index in [1.165, 1.54) is 27.7 Å². The molecule has 1 aliphatic rings. The number of aromatic amines is 1. The second kappa shape index (κ2) is 6.90. The fourth-order valence-electron chi connectivity index (χ4n) is 3.83. The van der Waals surface area contributed by atoms with Crippen LogP contribution in [0.3, 0.4) is 0 Å². The van der Waals surface area contributed by atoms with E-state index < -0.39 is 0 Å². The van der Waals surface area contributed by atoms with E-state index in [2.05, 4.69) is 53.2 Å². The van der Waals surface area contributed by atoms with Gasteiger partial charge in [-0.15, -0.1) is 0 Å². The highest BCUT2D eigenvalue weighted by Crippen LogP contribution is 2.37. The SMILES string of the molecule is COc1ccc([C@H](c2c(C)[nH]c3ccccc23)N2CCOCC2)cc1. The third-order valence-electron chi connectivity index (χ3n) is 5.06. The molecular formula is C21H24N2O2. The second-order valence-electron chi connectivity index (χ2n) is 6.53. The Hall–Kier alpha value is -2.30. The van der Waals surface area contributed by atoms with Gasteiger partial charge in [-0.2, -0.15) is 0 Å². The van der Waals surface area contributed by atoms with Gasteiger partial charge >= 0.3 is 0 Å². The highest BCUT2D eigenvalue weighted by Gasteiger charge is 2.28. The molecule has 1 aromatic heterocycles. The van der Waals surface area contributed by atoms with Gasteiger partial charge in [0.15, 0.2) is 0 Å². The van der Waals surface area contributed by atoms with Crippen LogP contribution in [0.15, 0.2) is 48.5 Å². The van der Waals surface area contributed by atoms with E-state index in [4.69, 9.17) is 9.47 Å². The van der Waals surface area contributed by atoms with Crippen LogP contribution in [0.5, 0.6) is 5.75 Å². The number of H-pyrrole nitrogens is 1. The predicted octanol–water partition coefficient (Wildman–Crippen LogP) is 3.91. The molecule has 0 aliphatic carbocycles. The van der Waals surface area contributed by atoms with Crippen molar-refractivity contribution in [2.24, 2.45) is 0 Å². The van der Waals surface area contributed by atoms with Crippen LogP contribution in [0, 0.1) is 6.92 Å². The smallest absolute Gasteiger partial charge is 0.118 e. The van der Waals surface area contributed by atoms with Crippen molar-refractivity contribution in [2.45, 2.75) is 13.0 Å². The number of morpholine rings is 1. The summed E-state index contributed by atoms with van der Waals surface area (Å²) >= 11 is 0. The number of ether oxygens (including phenoxy) is 2. The number of nitrogens with one attached hydrogen (secondary N) is 1. The number of para-hydroxylation sites is 1. The third kappa shape index (κ3) is 3.03. The summed E-state index contributed by atoms with van der Waals surface area (Å²) in [5, 5.41) is 1.30. The Balaban J connectivity index is 1.85. The van der Waals surface area contributed by atoms with Crippen molar-refractivity contribution in [3.63, 3.8) is 0 Å². The largest absolute Gasteiger partial charge is 0.497 e. The van der Waals surface area contributed by atoms with Gasteiger partial charge in [0.2, 0.25) is 0 Å². The van der Waals surface area contributed by atoms with E-state index in [0.29, 0.717) is 0 Å². The molecule has 2 aromatic carbocycles. The van der Waals surface area contributed by atoms with Crippen molar-refractivity contribution in [1.82, 2.24) is 9.88 Å². The zero-order valence-corrected chi connectivity index (χ0v) is 14.8. The summed E-state index contributed by atoms with van der Waals surface area (Å²) in [6, 6.07) is 17.2. The lowest BCUT2D eigenvalue weighted by molar-refractivity contribution is 0.0241. The predicted molar refractivity (Wildman–Crippen MR) is 100 cm³/mol. The molecule has 0 unspecified atom stereocenters. The number of methoxy groups -OCH3 is 1. The average Bonchev–Trinajstić information content (AvgIpc) is 3.00. The van der Waals surface area contributed by atoms with E-state index >= 15 is 0 Å². The summed E-state index contributed by atoms with van der Waals surface area (Å²) in [6.07, 6.45) is 0. The van der Waals surface area contributed by atoms with Gasteiger partial charge in [-0.1, -0.05) is 30.3 Å². The fourth-order valence-corrected chi connectivity index (χ4v) is 3.83. The first-order chi connectivity index (χ1) is 12.3. The molecule has 4 nitrogen and oxygen atoms in total. The molecule has 2 heterocycles. The molecule has 0 spiro atoms. The lowest BCUT2D eigenvalue weighted by Crippen LogP contribution is -2.39. The summed E-state index contributed by atoms with van der Waals surface area (Å²) in [6.45, 7) is 5.62. The summed E-state index contributed by atoms with van der Waals surface area (Å²) in [5.41, 5.74) is 5.08. The first-order valence-electron chi connectivity index (χ1n) is 8.81. The summed E-state index contributed by atoms with van der Waals surface area (Å²) in [4.78, 5) is 6.08. The van der Waals surface area contributed by atoms with E-state index in [1.54, 1.807) is 7.11 Å². The maximum atomic E-state index is 5.59. The van der Waals surface area contributed by atoms with Crippen LogP contribution < -0.4 is 4.74 Å². The Morgan fingerprint density at radius 3 is 2.48 bits per heavy atom. The fraction of sp³-hybridized carbons (Fsp3) is 0.333. The van der Waals surface area contributed by atoms with Crippen LogP contribution in [0.2, 0.25) is 0 Å². The minimum absolute atomic E-state index is 0.214. The molecule has 0 radical (unpaired) electrons. The Kier molecular flexibility index (Phi) is 4.47. The van der Waals surface area contributed by atoms with Crippen LogP contribution in [-0.2, 0) is 4.74 Å². The molecule has 4 rings (SSSR count). The van der Waals surface area contributed by atoms with E-state index in [9.17, 15) is 0 Å². The van der Waals surface area contributed by atoms with Crippen LogP contribution in [0.1, 0.15) is 22.9 Å². The molecule has 1 saturated heterocycles. The maximum Gasteiger partial charge on any atom is 0.118 e. The number of benzene rings is 2. The van der Waals surface area contributed by atoms with Gasteiger partial charge in [-0.05, 0) is 30.7 Å². The number of aromatic nitrogens is 1. The zero-order valence-electron chi connectivity index (χ0n) is 14.8. The van der Waals surface area contributed by atoms with E-state index in [-0.39, 0.29) is 6.04 Å². The average molecular weight is 336 g/mol. The molecule has 4 heteroatoms. The van der Waals surface area contributed by atoms with Crippen LogP contribution in [0.25, 0.3) is 10.9 Å². The van der Waals surface area contributed by atoms with Crippen LogP contribution in [-0.4, -0.2) is 43.3 Å². The Bertz CT molecular complexity index is 848. The lowest BCUT2D eigenvalue weighted by Gasteiger charge is -2.35. The van der Waals surface area contributed by atoms with Gasteiger partial charge in [0.1, 0.15) is 5.75 Å². The normalized spacial score (nSPS) is 16.9. The number of aryl methyl sites for hydroxylation is 1. The van der Waals surface area contributed by atoms with Gasteiger partial charge in [0.05, 0.1) is 26.4 Å². The standard InChI is InChI=1S/C21H24N2O2/c1-15-20(18-5-3-4-6-19(18)22-15)21(23-11-13-25-14-12-23)16-7-9-17(24-2)10-8-16/h3-10,21-22H,11-14H2,1-2H3/t21-/m1/s1. The molecule has 0 amide bonds. The van der Waals surface area contributed by atoms with Crippen molar-refractivity contribution in [3.8, 4) is 5.75 Å². The van der Waals surface area contributed by atoms with Gasteiger partial charge < -0.3 is 14.5 Å². The summed E-state index contributed by atoms with van der Waals surface area (Å²) < 4.78 is 10.9. The molecular weight excluding hydrogens is 312 g/mol. The van der Waals surface area contributed by atoms with Gasteiger partial charge in [-0.3, -0.25) is 4.90 Å². The maximum absolute atomic E-state index is 5.59. The highest BCUT2D eigenvalue weighted by molar-refractivity contribution is 5.85. The van der Waals surface area contributed by atoms with Crippen molar-refractivity contribution in [1.29, 1.82) is 0 Å². The molecule has 1 aliphatic heterocycles. The Labute approximate surface area is 148 Å². The van der Waals surface area contributed by atoms with Crippen molar-refractivity contribution < 1.29 is 9.47 Å². The molecule has 1 N–H and O–H groups in total. The molecule has 1 fully saturated rings. The molecule has 1 atom stereocenters. The molecule has 3 aromatic rings. The zero-order chi connectivity index (χ0) is 17.2. The summed E-state index contributed by atoms with van der Waals surface area (Å²) in [5.74, 6) is 0.889. The number of nitrogens with zero attached hydrogens (tertiary/aromatic N) is 1. The number of fused-ring (bicyclic) bond motifs is 1. The quantitative estimate of drug-likeness (QED) is 0.785. The molecule has 130 valence electrons. The minimum atomic E-state index is 0.214. The summed E-state index contributed by atoms with van der Waals surface area (Å²) in [7, 11) is 1.71. The van der Waals surface area contributed by atoms with E-state index in [1.807, 2.05) is 12.1 Å². The molecule has 0 bridgehead atoms. The van der Waals surface area contributed by atoms with Gasteiger partial charge in [0, 0.05) is 35.2 Å². The lowest BCUT2D eigenvalue weighted by atomic mass is 9.94. The Morgan fingerprint density at radius 1 is 1.04 bits per heavy atom.